The van der Waals surface area contributed by atoms with Gasteiger partial charge in [-0.3, -0.25) is 9.78 Å². The van der Waals surface area contributed by atoms with Crippen molar-refractivity contribution in [1.29, 1.82) is 0 Å². The molecule has 0 bridgehead atoms. The predicted molar refractivity (Wildman–Crippen MR) is 69.3 cm³/mol. The van der Waals surface area contributed by atoms with Crippen molar-refractivity contribution in [3.63, 3.8) is 0 Å². The van der Waals surface area contributed by atoms with Crippen LogP contribution in [0, 0.1) is 0 Å². The molecule has 94 valence electrons. The number of rotatable bonds is 2. The van der Waals surface area contributed by atoms with Crippen molar-refractivity contribution >= 4 is 18.3 Å². The van der Waals surface area contributed by atoms with E-state index in [4.69, 9.17) is 0 Å². The zero-order chi connectivity index (χ0) is 11.4. The number of halogens is 1. The van der Waals surface area contributed by atoms with E-state index in [9.17, 15) is 4.79 Å². The molecule has 1 atom stereocenters. The molecule has 1 fully saturated rings. The van der Waals surface area contributed by atoms with Gasteiger partial charge in [0.1, 0.15) is 0 Å². The molecule has 1 aromatic heterocycles. The number of carbonyl (C=O) groups is 1. The van der Waals surface area contributed by atoms with Gasteiger partial charge in [-0.05, 0) is 18.6 Å². The molecule has 0 spiro atoms. The molecule has 2 heterocycles. The van der Waals surface area contributed by atoms with E-state index >= 15 is 0 Å². The number of pyridine rings is 1. The SMILES string of the molecule is CC(C(=O)N1CCNCC1)c1cccnc1.Cl. The highest BCUT2D eigenvalue weighted by Gasteiger charge is 2.22. The van der Waals surface area contributed by atoms with Gasteiger partial charge in [0.05, 0.1) is 5.92 Å². The zero-order valence-electron chi connectivity index (χ0n) is 9.93. The van der Waals surface area contributed by atoms with Crippen LogP contribution in [0.1, 0.15) is 18.4 Å². The summed E-state index contributed by atoms with van der Waals surface area (Å²) < 4.78 is 0. The van der Waals surface area contributed by atoms with Crippen molar-refractivity contribution in [2.24, 2.45) is 0 Å². The van der Waals surface area contributed by atoms with Crippen LogP contribution in [0.15, 0.2) is 24.5 Å². The Bertz CT molecular complexity index is 352. The van der Waals surface area contributed by atoms with E-state index < -0.39 is 0 Å². The molecule has 1 unspecified atom stereocenters. The maximum Gasteiger partial charge on any atom is 0.229 e. The summed E-state index contributed by atoms with van der Waals surface area (Å²) >= 11 is 0. The first-order valence-electron chi connectivity index (χ1n) is 5.68. The Morgan fingerprint density at radius 2 is 2.18 bits per heavy atom. The Morgan fingerprint density at radius 1 is 1.47 bits per heavy atom. The van der Waals surface area contributed by atoms with Gasteiger partial charge in [-0.15, -0.1) is 12.4 Å². The number of nitrogens with zero attached hydrogens (tertiary/aromatic N) is 2. The molecule has 1 aliphatic rings. The molecule has 2 rings (SSSR count). The van der Waals surface area contributed by atoms with Crippen molar-refractivity contribution < 1.29 is 4.79 Å². The molecule has 17 heavy (non-hydrogen) atoms. The maximum atomic E-state index is 12.2. The third kappa shape index (κ3) is 3.41. The van der Waals surface area contributed by atoms with E-state index in [1.165, 1.54) is 0 Å². The lowest BCUT2D eigenvalue weighted by Crippen LogP contribution is -2.47. The van der Waals surface area contributed by atoms with Gasteiger partial charge >= 0.3 is 0 Å². The first kappa shape index (κ1) is 13.9. The van der Waals surface area contributed by atoms with Crippen molar-refractivity contribution in [2.45, 2.75) is 12.8 Å². The number of hydrogen-bond donors (Lipinski definition) is 1. The summed E-state index contributed by atoms with van der Waals surface area (Å²) in [6, 6.07) is 3.83. The Hall–Kier alpha value is -1.13. The van der Waals surface area contributed by atoms with Crippen LogP contribution in [-0.2, 0) is 4.79 Å². The largest absolute Gasteiger partial charge is 0.340 e. The van der Waals surface area contributed by atoms with E-state index in [0.29, 0.717) is 0 Å². The summed E-state index contributed by atoms with van der Waals surface area (Å²) in [5.41, 5.74) is 0.992. The molecular formula is C12H18ClN3O. The average Bonchev–Trinajstić information content (AvgIpc) is 2.39. The van der Waals surface area contributed by atoms with Crippen molar-refractivity contribution in [2.75, 3.05) is 26.2 Å². The van der Waals surface area contributed by atoms with Crippen LogP contribution in [0.4, 0.5) is 0 Å². The highest BCUT2D eigenvalue weighted by molar-refractivity contribution is 5.85. The molecule has 1 amide bonds. The molecule has 0 saturated carbocycles. The van der Waals surface area contributed by atoms with Gasteiger partial charge in [-0.1, -0.05) is 6.07 Å². The second-order valence-corrected chi connectivity index (χ2v) is 4.08. The molecule has 0 radical (unpaired) electrons. The van der Waals surface area contributed by atoms with E-state index in [-0.39, 0.29) is 24.2 Å². The normalized spacial score (nSPS) is 17.1. The Balaban J connectivity index is 0.00000144. The van der Waals surface area contributed by atoms with Gasteiger partial charge in [0.25, 0.3) is 0 Å². The number of nitrogens with one attached hydrogen (secondary N) is 1. The van der Waals surface area contributed by atoms with Crippen LogP contribution < -0.4 is 5.32 Å². The maximum absolute atomic E-state index is 12.2. The van der Waals surface area contributed by atoms with E-state index in [1.807, 2.05) is 24.0 Å². The van der Waals surface area contributed by atoms with Crippen LogP contribution in [0.3, 0.4) is 0 Å². The summed E-state index contributed by atoms with van der Waals surface area (Å²) in [6.07, 6.45) is 3.50. The monoisotopic (exact) mass is 255 g/mol. The lowest BCUT2D eigenvalue weighted by Gasteiger charge is -2.29. The molecule has 0 aromatic carbocycles. The van der Waals surface area contributed by atoms with Gasteiger partial charge in [0, 0.05) is 38.6 Å². The molecule has 1 saturated heterocycles. The van der Waals surface area contributed by atoms with Crippen LogP contribution in [0.25, 0.3) is 0 Å². The van der Waals surface area contributed by atoms with Gasteiger partial charge in [0.15, 0.2) is 0 Å². The standard InChI is InChI=1S/C12H17N3O.ClH/c1-10(11-3-2-4-14-9-11)12(16)15-7-5-13-6-8-15;/h2-4,9-10,13H,5-8H2,1H3;1H. The fraction of sp³-hybridized carbons (Fsp3) is 0.500. The highest BCUT2D eigenvalue weighted by atomic mass is 35.5. The fourth-order valence-electron chi connectivity index (χ4n) is 1.93. The number of carbonyl (C=O) groups excluding carboxylic acids is 1. The lowest BCUT2D eigenvalue weighted by atomic mass is 10.0. The van der Waals surface area contributed by atoms with Crippen LogP contribution in [0.2, 0.25) is 0 Å². The summed E-state index contributed by atoms with van der Waals surface area (Å²) in [5, 5.41) is 3.24. The third-order valence-electron chi connectivity index (χ3n) is 2.98. The van der Waals surface area contributed by atoms with Crippen molar-refractivity contribution in [3.8, 4) is 0 Å². The quantitative estimate of drug-likeness (QED) is 0.859. The minimum atomic E-state index is -0.0909. The molecule has 0 aliphatic carbocycles. The van der Waals surface area contributed by atoms with E-state index in [0.717, 1.165) is 31.7 Å². The second-order valence-electron chi connectivity index (χ2n) is 4.08. The number of hydrogen-bond acceptors (Lipinski definition) is 3. The van der Waals surface area contributed by atoms with Crippen LogP contribution in [0.5, 0.6) is 0 Å². The smallest absolute Gasteiger partial charge is 0.229 e. The minimum absolute atomic E-state index is 0. The average molecular weight is 256 g/mol. The summed E-state index contributed by atoms with van der Waals surface area (Å²) in [6.45, 7) is 5.35. The number of amides is 1. The zero-order valence-corrected chi connectivity index (χ0v) is 10.7. The Labute approximate surface area is 108 Å². The predicted octanol–water partition coefficient (Wildman–Crippen LogP) is 1.04. The Kier molecular flexibility index (Phi) is 5.38. The van der Waals surface area contributed by atoms with Crippen molar-refractivity contribution in [1.82, 2.24) is 15.2 Å². The van der Waals surface area contributed by atoms with Gasteiger partial charge in [0.2, 0.25) is 5.91 Å². The summed E-state index contributed by atoms with van der Waals surface area (Å²) in [4.78, 5) is 18.1. The van der Waals surface area contributed by atoms with Crippen LogP contribution >= 0.6 is 12.4 Å². The van der Waals surface area contributed by atoms with E-state index in [1.54, 1.807) is 12.4 Å². The first-order chi connectivity index (χ1) is 7.79. The topological polar surface area (TPSA) is 45.2 Å². The number of piperazine rings is 1. The first-order valence-corrected chi connectivity index (χ1v) is 5.68. The molecule has 1 aromatic rings. The molecule has 1 N–H and O–H groups in total. The highest BCUT2D eigenvalue weighted by Crippen LogP contribution is 2.16. The van der Waals surface area contributed by atoms with E-state index in [2.05, 4.69) is 10.3 Å². The molecule has 5 heteroatoms. The third-order valence-corrected chi connectivity index (χ3v) is 2.98. The fourth-order valence-corrected chi connectivity index (χ4v) is 1.93. The van der Waals surface area contributed by atoms with Gasteiger partial charge < -0.3 is 10.2 Å². The van der Waals surface area contributed by atoms with Crippen molar-refractivity contribution in [3.05, 3.63) is 30.1 Å². The summed E-state index contributed by atoms with van der Waals surface area (Å²) in [5.74, 6) is 0.112. The summed E-state index contributed by atoms with van der Waals surface area (Å²) in [7, 11) is 0. The van der Waals surface area contributed by atoms with Gasteiger partial charge in [-0.2, -0.15) is 0 Å². The molecular weight excluding hydrogens is 238 g/mol. The molecule has 1 aliphatic heterocycles. The second kappa shape index (κ2) is 6.57. The Morgan fingerprint density at radius 3 is 2.76 bits per heavy atom. The minimum Gasteiger partial charge on any atom is -0.340 e. The number of aromatic nitrogens is 1. The lowest BCUT2D eigenvalue weighted by molar-refractivity contribution is -0.133. The van der Waals surface area contributed by atoms with Crippen LogP contribution in [-0.4, -0.2) is 42.0 Å². The van der Waals surface area contributed by atoms with Gasteiger partial charge in [-0.25, -0.2) is 0 Å². The molecule has 4 nitrogen and oxygen atoms in total.